The molecule has 0 saturated heterocycles. The van der Waals surface area contributed by atoms with Crippen molar-refractivity contribution < 1.29 is 19.4 Å². The summed E-state index contributed by atoms with van der Waals surface area (Å²) in [5.74, 6) is 0.536. The number of carboxylic acids is 1. The first-order valence-electron chi connectivity index (χ1n) is 11.3. The lowest BCUT2D eigenvalue weighted by molar-refractivity contribution is -0.153. The van der Waals surface area contributed by atoms with Gasteiger partial charge in [0, 0.05) is 6.04 Å². The molecule has 3 fully saturated rings. The van der Waals surface area contributed by atoms with Crippen LogP contribution in [0.1, 0.15) is 58.8 Å². The van der Waals surface area contributed by atoms with Gasteiger partial charge in [0.05, 0.1) is 5.92 Å². The molecule has 0 aromatic heterocycles. The maximum Gasteiger partial charge on any atom is 0.407 e. The zero-order valence-electron chi connectivity index (χ0n) is 18.1. The number of hydrogen-bond donors (Lipinski definition) is 2. The number of rotatable bonds is 3. The predicted octanol–water partition coefficient (Wildman–Crippen LogP) is 5.97. The number of carbonyl (C=O) groups excluding carboxylic acids is 1. The largest absolute Gasteiger partial charge is 0.481 e. The van der Waals surface area contributed by atoms with Crippen molar-refractivity contribution in [3.8, 4) is 0 Å². The van der Waals surface area contributed by atoms with Crippen LogP contribution in [-0.4, -0.2) is 33.6 Å². The molecule has 2 N–H and O–H groups in total. The SMILES string of the molecule is C[C@]12CC=CC[C@@H]1CC[C@@H]1[C@@H]2[C@H](NC(=O)OCC(Cl)(Cl)Cl)C[C@]2(C)[C@@H](C(=O)O)CC[C@@H]12. The van der Waals surface area contributed by atoms with Gasteiger partial charge in [-0.15, -0.1) is 0 Å². The molecule has 0 aromatic carbocycles. The Morgan fingerprint density at radius 3 is 2.55 bits per heavy atom. The number of halogens is 3. The van der Waals surface area contributed by atoms with Crippen molar-refractivity contribution >= 4 is 46.9 Å². The molecule has 0 heterocycles. The van der Waals surface area contributed by atoms with Crippen molar-refractivity contribution in [1.82, 2.24) is 5.32 Å². The molecule has 1 amide bonds. The Balaban J connectivity index is 1.65. The number of fused-ring (bicyclic) bond motifs is 5. The number of alkyl carbamates (subject to hydrolysis) is 1. The molecule has 4 aliphatic rings. The second-order valence-electron chi connectivity index (χ2n) is 10.6. The van der Waals surface area contributed by atoms with Crippen LogP contribution in [0.2, 0.25) is 0 Å². The fourth-order valence-corrected chi connectivity index (χ4v) is 8.07. The molecule has 8 atom stereocenters. The number of aliphatic carboxylic acids is 1. The normalized spacial score (nSPS) is 44.0. The molecule has 0 unspecified atom stereocenters. The zero-order valence-corrected chi connectivity index (χ0v) is 20.3. The summed E-state index contributed by atoms with van der Waals surface area (Å²) in [7, 11) is 0. The van der Waals surface area contributed by atoms with E-state index in [0.29, 0.717) is 30.6 Å². The van der Waals surface area contributed by atoms with Crippen LogP contribution in [0.5, 0.6) is 0 Å². The molecule has 4 rings (SSSR count). The summed E-state index contributed by atoms with van der Waals surface area (Å²) in [6.45, 7) is 4.16. The second kappa shape index (κ2) is 8.29. The lowest BCUT2D eigenvalue weighted by atomic mass is 9.44. The fraction of sp³-hybridized carbons (Fsp3) is 0.826. The minimum absolute atomic E-state index is 0.0769. The van der Waals surface area contributed by atoms with Gasteiger partial charge in [-0.25, -0.2) is 4.79 Å². The van der Waals surface area contributed by atoms with Crippen LogP contribution in [0.4, 0.5) is 4.79 Å². The van der Waals surface area contributed by atoms with Gasteiger partial charge < -0.3 is 15.2 Å². The van der Waals surface area contributed by atoms with Crippen LogP contribution >= 0.6 is 34.8 Å². The second-order valence-corrected chi connectivity index (χ2v) is 13.1. The molecule has 3 saturated carbocycles. The van der Waals surface area contributed by atoms with E-state index in [1.54, 1.807) is 0 Å². The maximum atomic E-state index is 12.7. The van der Waals surface area contributed by atoms with E-state index in [9.17, 15) is 14.7 Å². The Hall–Kier alpha value is -0.650. The van der Waals surface area contributed by atoms with Crippen LogP contribution in [-0.2, 0) is 9.53 Å². The molecular weight excluding hydrogens is 461 g/mol. The van der Waals surface area contributed by atoms with E-state index in [4.69, 9.17) is 39.5 Å². The van der Waals surface area contributed by atoms with Crippen molar-refractivity contribution in [3.05, 3.63) is 12.2 Å². The number of nitrogens with one attached hydrogen (secondary N) is 1. The Bertz CT molecular complexity index is 768. The minimum atomic E-state index is -1.67. The van der Waals surface area contributed by atoms with Crippen molar-refractivity contribution in [2.75, 3.05) is 6.61 Å². The zero-order chi connectivity index (χ0) is 22.6. The number of carbonyl (C=O) groups is 2. The smallest absolute Gasteiger partial charge is 0.407 e. The number of ether oxygens (including phenoxy) is 1. The van der Waals surface area contributed by atoms with Gasteiger partial charge in [-0.05, 0) is 79.4 Å². The molecular formula is C23H32Cl3NO4. The molecule has 0 aliphatic heterocycles. The Kier molecular flexibility index (Phi) is 6.28. The lowest BCUT2D eigenvalue weighted by Gasteiger charge is -2.62. The monoisotopic (exact) mass is 491 g/mol. The molecule has 0 radical (unpaired) electrons. The fourth-order valence-electron chi connectivity index (χ4n) is 7.91. The molecule has 174 valence electrons. The topological polar surface area (TPSA) is 75.6 Å². The number of amides is 1. The average molecular weight is 493 g/mol. The third kappa shape index (κ3) is 4.19. The van der Waals surface area contributed by atoms with Crippen LogP contribution < -0.4 is 5.32 Å². The Labute approximate surface area is 199 Å². The Morgan fingerprint density at radius 1 is 1.13 bits per heavy atom. The highest BCUT2D eigenvalue weighted by Crippen LogP contribution is 2.67. The summed E-state index contributed by atoms with van der Waals surface area (Å²) < 4.78 is 3.53. The van der Waals surface area contributed by atoms with Gasteiger partial charge in [-0.1, -0.05) is 60.8 Å². The number of allylic oxidation sites excluding steroid dienone is 2. The van der Waals surface area contributed by atoms with Gasteiger partial charge in [0.1, 0.15) is 6.61 Å². The molecule has 0 aromatic rings. The van der Waals surface area contributed by atoms with Crippen LogP contribution in [0.15, 0.2) is 12.2 Å². The van der Waals surface area contributed by atoms with E-state index in [-0.39, 0.29) is 35.3 Å². The van der Waals surface area contributed by atoms with Gasteiger partial charge in [0.15, 0.2) is 0 Å². The van der Waals surface area contributed by atoms with Crippen molar-refractivity contribution in [2.45, 2.75) is 68.6 Å². The lowest BCUT2D eigenvalue weighted by Crippen LogP contribution is -2.62. The first-order chi connectivity index (χ1) is 14.5. The minimum Gasteiger partial charge on any atom is -0.481 e. The van der Waals surface area contributed by atoms with Gasteiger partial charge in [-0.2, -0.15) is 0 Å². The third-order valence-corrected chi connectivity index (χ3v) is 9.46. The molecule has 0 spiro atoms. The summed E-state index contributed by atoms with van der Waals surface area (Å²) in [5, 5.41) is 13.0. The van der Waals surface area contributed by atoms with E-state index in [2.05, 4.69) is 31.3 Å². The average Bonchev–Trinajstić information content (AvgIpc) is 3.02. The van der Waals surface area contributed by atoms with Crippen LogP contribution in [0, 0.1) is 40.4 Å². The predicted molar refractivity (Wildman–Crippen MR) is 121 cm³/mol. The summed E-state index contributed by atoms with van der Waals surface area (Å²) in [6, 6.07) is -0.159. The third-order valence-electron chi connectivity index (χ3n) is 9.14. The standard InChI is InChI=1S/C23H32Cl3NO4/c1-21-10-4-3-5-13(21)6-7-14-15-8-9-16(19(28)29)22(15,2)11-17(18(14)21)27-20(30)31-12-23(24,25)26/h3-4,13-18H,5-12H2,1-2H3,(H,27,30)(H,28,29)/t13-,14+,15+,16-,17-,18-,21+,22+/m1/s1. The first-order valence-corrected chi connectivity index (χ1v) is 12.5. The van der Waals surface area contributed by atoms with Crippen LogP contribution in [0.25, 0.3) is 0 Å². The molecule has 8 heteroatoms. The maximum absolute atomic E-state index is 12.7. The Morgan fingerprint density at radius 2 is 1.87 bits per heavy atom. The molecule has 5 nitrogen and oxygen atoms in total. The van der Waals surface area contributed by atoms with Crippen molar-refractivity contribution in [2.24, 2.45) is 40.4 Å². The summed E-state index contributed by atoms with van der Waals surface area (Å²) >= 11 is 17.2. The molecule has 4 aliphatic carbocycles. The van der Waals surface area contributed by atoms with Gasteiger partial charge in [0.2, 0.25) is 3.79 Å². The van der Waals surface area contributed by atoms with E-state index in [0.717, 1.165) is 32.1 Å². The number of carboxylic acid groups (broad SMARTS) is 1. The molecule has 0 bridgehead atoms. The summed E-state index contributed by atoms with van der Waals surface area (Å²) in [6.07, 6.45) is 10.6. The highest BCUT2D eigenvalue weighted by atomic mass is 35.6. The number of hydrogen-bond acceptors (Lipinski definition) is 3. The van der Waals surface area contributed by atoms with E-state index >= 15 is 0 Å². The quantitative estimate of drug-likeness (QED) is 0.376. The summed E-state index contributed by atoms with van der Waals surface area (Å²) in [4.78, 5) is 24.8. The first kappa shape index (κ1) is 23.5. The number of alkyl halides is 3. The summed E-state index contributed by atoms with van der Waals surface area (Å²) in [5.41, 5.74) is -0.263. The van der Waals surface area contributed by atoms with Gasteiger partial charge in [0.25, 0.3) is 0 Å². The van der Waals surface area contributed by atoms with Gasteiger partial charge in [-0.3, -0.25) is 4.79 Å². The van der Waals surface area contributed by atoms with Gasteiger partial charge >= 0.3 is 12.1 Å². The molecule has 31 heavy (non-hydrogen) atoms. The van der Waals surface area contributed by atoms with E-state index in [1.807, 2.05) is 0 Å². The van der Waals surface area contributed by atoms with Crippen molar-refractivity contribution in [3.63, 3.8) is 0 Å². The van der Waals surface area contributed by atoms with E-state index < -0.39 is 15.9 Å². The van der Waals surface area contributed by atoms with Crippen molar-refractivity contribution in [1.29, 1.82) is 0 Å². The van der Waals surface area contributed by atoms with Crippen LogP contribution in [0.3, 0.4) is 0 Å². The highest BCUT2D eigenvalue weighted by Gasteiger charge is 2.64. The highest BCUT2D eigenvalue weighted by molar-refractivity contribution is 6.67. The van der Waals surface area contributed by atoms with E-state index in [1.165, 1.54) is 0 Å².